The molecule has 0 bridgehead atoms. The fraction of sp³-hybridized carbons (Fsp3) is 0.857. The summed E-state index contributed by atoms with van der Waals surface area (Å²) in [5.74, 6) is 0.178. The Labute approximate surface area is 127 Å². The second-order valence-electron chi connectivity index (χ2n) is 5.68. The number of amides is 1. The Morgan fingerprint density at radius 1 is 1.16 bits per heavy atom. The number of nitrogens with zero attached hydrogens (tertiary/aromatic N) is 2. The first-order valence-corrected chi connectivity index (χ1v) is 7.21. The average molecular weight is 256 g/mol. The first kappa shape index (κ1) is 15.1. The molecule has 0 aromatic rings. The normalized spacial score (nSPS) is 27.4. The molecule has 1 spiro atoms. The number of ether oxygens (including phenoxy) is 1. The minimum atomic E-state index is -0.523. The SMILES string of the molecule is O=C1N(C2CCCCCC2)[C-]=NC12CCOCC2.[Li+]. The van der Waals surface area contributed by atoms with Crippen LogP contribution in [-0.2, 0) is 9.53 Å². The molecule has 0 N–H and O–H groups in total. The third kappa shape index (κ3) is 2.91. The van der Waals surface area contributed by atoms with E-state index in [4.69, 9.17) is 4.74 Å². The third-order valence-corrected chi connectivity index (χ3v) is 4.50. The third-order valence-electron chi connectivity index (χ3n) is 4.50. The zero-order valence-corrected chi connectivity index (χ0v) is 11.9. The fourth-order valence-corrected chi connectivity index (χ4v) is 3.27. The summed E-state index contributed by atoms with van der Waals surface area (Å²) in [5.41, 5.74) is -0.523. The molecule has 0 atom stereocenters. The van der Waals surface area contributed by atoms with Crippen LogP contribution in [0.5, 0.6) is 0 Å². The Bertz CT molecular complexity index is 345. The summed E-state index contributed by atoms with van der Waals surface area (Å²) in [7, 11) is 0. The molecule has 0 unspecified atom stereocenters. The van der Waals surface area contributed by atoms with E-state index in [1.165, 1.54) is 25.7 Å². The minimum Gasteiger partial charge on any atom is -0.462 e. The first-order chi connectivity index (χ1) is 8.82. The van der Waals surface area contributed by atoms with Crippen LogP contribution in [0.4, 0.5) is 0 Å². The molecular formula is C14H21LiN2O2. The van der Waals surface area contributed by atoms with E-state index in [9.17, 15) is 4.79 Å². The fourth-order valence-electron chi connectivity index (χ4n) is 3.27. The molecule has 1 saturated heterocycles. The molecule has 3 aliphatic rings. The summed E-state index contributed by atoms with van der Waals surface area (Å²) in [6.07, 6.45) is 11.7. The molecule has 2 fully saturated rings. The van der Waals surface area contributed by atoms with Crippen molar-refractivity contribution in [3.63, 3.8) is 0 Å². The van der Waals surface area contributed by atoms with Crippen LogP contribution >= 0.6 is 0 Å². The van der Waals surface area contributed by atoms with Gasteiger partial charge >= 0.3 is 18.9 Å². The Morgan fingerprint density at radius 2 is 1.79 bits per heavy atom. The van der Waals surface area contributed by atoms with Crippen LogP contribution in [0.25, 0.3) is 0 Å². The van der Waals surface area contributed by atoms with Gasteiger partial charge in [0.25, 0.3) is 0 Å². The van der Waals surface area contributed by atoms with Gasteiger partial charge in [-0.05, 0) is 25.7 Å². The van der Waals surface area contributed by atoms with Gasteiger partial charge in [-0.15, -0.1) is 0 Å². The van der Waals surface area contributed by atoms with E-state index in [2.05, 4.69) is 11.3 Å². The Balaban J connectivity index is 0.00000133. The Morgan fingerprint density at radius 3 is 2.42 bits per heavy atom. The molecule has 0 radical (unpaired) electrons. The second kappa shape index (κ2) is 6.43. The second-order valence-corrected chi connectivity index (χ2v) is 5.68. The van der Waals surface area contributed by atoms with E-state index < -0.39 is 5.54 Å². The van der Waals surface area contributed by atoms with Crippen molar-refractivity contribution in [2.45, 2.75) is 62.9 Å². The van der Waals surface area contributed by atoms with Crippen molar-refractivity contribution in [1.29, 1.82) is 0 Å². The zero-order valence-electron chi connectivity index (χ0n) is 11.9. The van der Waals surface area contributed by atoms with E-state index in [1.807, 2.05) is 4.90 Å². The molecule has 3 rings (SSSR count). The summed E-state index contributed by atoms with van der Waals surface area (Å²) in [6.45, 7) is 1.30. The smallest absolute Gasteiger partial charge is 0.462 e. The van der Waals surface area contributed by atoms with Crippen molar-refractivity contribution < 1.29 is 28.4 Å². The molecule has 1 amide bonds. The van der Waals surface area contributed by atoms with Crippen LogP contribution < -0.4 is 18.9 Å². The number of hydrogen-bond donors (Lipinski definition) is 0. The molecule has 0 aromatic heterocycles. The van der Waals surface area contributed by atoms with Gasteiger partial charge in [0.15, 0.2) is 0 Å². The van der Waals surface area contributed by atoms with Crippen LogP contribution in [0.2, 0.25) is 0 Å². The number of aliphatic imine (C=N–C) groups is 1. The topological polar surface area (TPSA) is 41.9 Å². The van der Waals surface area contributed by atoms with E-state index in [0.717, 1.165) is 25.7 Å². The van der Waals surface area contributed by atoms with Crippen LogP contribution in [0, 0.1) is 0 Å². The molecule has 4 nitrogen and oxygen atoms in total. The molecular weight excluding hydrogens is 235 g/mol. The number of hydrogen-bond acceptors (Lipinski definition) is 3. The van der Waals surface area contributed by atoms with Crippen LogP contribution in [-0.4, -0.2) is 41.9 Å². The van der Waals surface area contributed by atoms with E-state index >= 15 is 0 Å². The molecule has 19 heavy (non-hydrogen) atoms. The molecule has 100 valence electrons. The van der Waals surface area contributed by atoms with Gasteiger partial charge in [-0.2, -0.15) is 0 Å². The molecule has 2 aliphatic heterocycles. The van der Waals surface area contributed by atoms with Crippen molar-refractivity contribution in [1.82, 2.24) is 4.90 Å². The van der Waals surface area contributed by atoms with Crippen molar-refractivity contribution >= 4 is 12.2 Å². The quantitative estimate of drug-likeness (QED) is 0.343. The predicted molar refractivity (Wildman–Crippen MR) is 68.6 cm³/mol. The van der Waals surface area contributed by atoms with Gasteiger partial charge in [0, 0.05) is 19.3 Å². The number of carbonyl (C=O) groups excluding carboxylic acids is 1. The maximum absolute atomic E-state index is 12.6. The molecule has 0 aromatic carbocycles. The van der Waals surface area contributed by atoms with Gasteiger partial charge in [-0.1, -0.05) is 32.0 Å². The van der Waals surface area contributed by atoms with Crippen LogP contribution in [0.3, 0.4) is 0 Å². The van der Waals surface area contributed by atoms with Crippen molar-refractivity contribution in [3.05, 3.63) is 0 Å². The summed E-state index contributed by atoms with van der Waals surface area (Å²) in [6, 6.07) is 0.339. The molecule has 2 heterocycles. The summed E-state index contributed by atoms with van der Waals surface area (Å²) in [5, 5.41) is 0. The van der Waals surface area contributed by atoms with Gasteiger partial charge in [0.05, 0.1) is 11.4 Å². The maximum Gasteiger partial charge on any atom is 1.00 e. The molecule has 1 saturated carbocycles. The van der Waals surface area contributed by atoms with Gasteiger partial charge in [0.2, 0.25) is 0 Å². The largest absolute Gasteiger partial charge is 1.00 e. The Kier molecular flexibility index (Phi) is 5.11. The van der Waals surface area contributed by atoms with Gasteiger partial charge in [-0.3, -0.25) is 0 Å². The van der Waals surface area contributed by atoms with Crippen molar-refractivity contribution in [3.8, 4) is 0 Å². The van der Waals surface area contributed by atoms with Gasteiger partial charge < -0.3 is 19.4 Å². The van der Waals surface area contributed by atoms with Gasteiger partial charge in [-0.25, -0.2) is 0 Å². The molecule has 1 aliphatic carbocycles. The minimum absolute atomic E-state index is 0. The van der Waals surface area contributed by atoms with Crippen molar-refractivity contribution in [2.75, 3.05) is 13.2 Å². The molecule has 5 heteroatoms. The predicted octanol–water partition coefficient (Wildman–Crippen LogP) is -0.990. The van der Waals surface area contributed by atoms with E-state index in [0.29, 0.717) is 19.3 Å². The van der Waals surface area contributed by atoms with E-state index in [1.54, 1.807) is 0 Å². The Hall–Kier alpha value is -0.303. The van der Waals surface area contributed by atoms with Gasteiger partial charge in [0.1, 0.15) is 0 Å². The summed E-state index contributed by atoms with van der Waals surface area (Å²) < 4.78 is 5.35. The monoisotopic (exact) mass is 256 g/mol. The number of rotatable bonds is 1. The first-order valence-electron chi connectivity index (χ1n) is 7.21. The van der Waals surface area contributed by atoms with Crippen LogP contribution in [0.15, 0.2) is 4.99 Å². The zero-order chi connectivity index (χ0) is 12.4. The van der Waals surface area contributed by atoms with E-state index in [-0.39, 0.29) is 24.8 Å². The van der Waals surface area contributed by atoms with Crippen LogP contribution in [0.1, 0.15) is 51.4 Å². The van der Waals surface area contributed by atoms with Crippen molar-refractivity contribution in [2.24, 2.45) is 4.99 Å². The number of carbonyl (C=O) groups is 1. The maximum atomic E-state index is 12.6. The standard InChI is InChI=1S/C14H21N2O2.Li/c17-13-14(7-9-18-10-8-14)15-11-16(13)12-5-3-1-2-4-6-12;/h12H,1-10H2;/q-1;+1. The average Bonchev–Trinajstić information content (AvgIpc) is 2.63. The summed E-state index contributed by atoms with van der Waals surface area (Å²) >= 11 is 0. The summed E-state index contributed by atoms with van der Waals surface area (Å²) in [4.78, 5) is 18.9.